The van der Waals surface area contributed by atoms with Gasteiger partial charge in [0.2, 0.25) is 0 Å². The Morgan fingerprint density at radius 3 is 2.63 bits per heavy atom. The van der Waals surface area contributed by atoms with Crippen LogP contribution in [0, 0.1) is 0 Å². The first-order chi connectivity index (χ1) is 9.08. The zero-order chi connectivity index (χ0) is 13.8. The van der Waals surface area contributed by atoms with Gasteiger partial charge in [0.05, 0.1) is 5.57 Å². The maximum atomic E-state index is 11.3. The van der Waals surface area contributed by atoms with E-state index in [9.17, 15) is 9.90 Å². The average Bonchev–Trinajstić information content (AvgIpc) is 2.38. The Bertz CT molecular complexity index is 639. The first kappa shape index (κ1) is 13.6. The molecule has 0 aliphatic heterocycles. The van der Waals surface area contributed by atoms with E-state index < -0.39 is 5.97 Å². The molecule has 0 radical (unpaired) electrons. The molecule has 96 valence electrons. The van der Waals surface area contributed by atoms with Gasteiger partial charge in [0.25, 0.3) is 0 Å². The molecule has 1 N–H and O–H groups in total. The summed E-state index contributed by atoms with van der Waals surface area (Å²) in [7, 11) is 0. The third kappa shape index (κ3) is 3.34. The SMILES string of the molecule is O=C(O)/C(=C\c1ccc(Cl)cc1Cl)c1cccnc1. The van der Waals surface area contributed by atoms with Crippen molar-refractivity contribution in [2.24, 2.45) is 0 Å². The summed E-state index contributed by atoms with van der Waals surface area (Å²) in [6, 6.07) is 8.25. The summed E-state index contributed by atoms with van der Waals surface area (Å²) in [5.41, 5.74) is 1.23. The van der Waals surface area contributed by atoms with Gasteiger partial charge < -0.3 is 5.11 Å². The second-order valence-corrected chi connectivity index (χ2v) is 4.61. The van der Waals surface area contributed by atoms with Crippen LogP contribution >= 0.6 is 23.2 Å². The lowest BCUT2D eigenvalue weighted by Crippen LogP contribution is -2.00. The monoisotopic (exact) mass is 293 g/mol. The first-order valence-corrected chi connectivity index (χ1v) is 6.14. The van der Waals surface area contributed by atoms with Crippen LogP contribution < -0.4 is 0 Å². The van der Waals surface area contributed by atoms with E-state index >= 15 is 0 Å². The number of aliphatic carboxylic acids is 1. The van der Waals surface area contributed by atoms with E-state index in [1.165, 1.54) is 12.3 Å². The van der Waals surface area contributed by atoms with Crippen LogP contribution in [0.5, 0.6) is 0 Å². The van der Waals surface area contributed by atoms with E-state index in [0.717, 1.165) is 0 Å². The van der Waals surface area contributed by atoms with E-state index in [4.69, 9.17) is 23.2 Å². The normalized spacial score (nSPS) is 11.4. The average molecular weight is 294 g/mol. The topological polar surface area (TPSA) is 50.2 Å². The van der Waals surface area contributed by atoms with Crippen LogP contribution in [0.15, 0.2) is 42.7 Å². The maximum Gasteiger partial charge on any atom is 0.336 e. The summed E-state index contributed by atoms with van der Waals surface area (Å²) in [6.07, 6.45) is 4.57. The molecule has 0 fully saturated rings. The molecule has 2 aromatic rings. The fraction of sp³-hybridized carbons (Fsp3) is 0. The number of nitrogens with zero attached hydrogens (tertiary/aromatic N) is 1. The van der Waals surface area contributed by atoms with Gasteiger partial charge in [-0.2, -0.15) is 0 Å². The molecule has 0 amide bonds. The number of hydrogen-bond donors (Lipinski definition) is 1. The Labute approximate surface area is 120 Å². The van der Waals surface area contributed by atoms with Crippen molar-refractivity contribution >= 4 is 40.8 Å². The van der Waals surface area contributed by atoms with E-state index in [2.05, 4.69) is 4.98 Å². The van der Waals surface area contributed by atoms with Gasteiger partial charge >= 0.3 is 5.97 Å². The van der Waals surface area contributed by atoms with Gasteiger partial charge in [-0.3, -0.25) is 4.98 Å². The lowest BCUT2D eigenvalue weighted by atomic mass is 10.0. The zero-order valence-electron chi connectivity index (χ0n) is 9.68. The van der Waals surface area contributed by atoms with Crippen molar-refractivity contribution in [1.82, 2.24) is 4.98 Å². The second-order valence-electron chi connectivity index (χ2n) is 3.77. The van der Waals surface area contributed by atoms with Crippen molar-refractivity contribution in [3.05, 3.63) is 63.9 Å². The molecule has 2 rings (SSSR count). The van der Waals surface area contributed by atoms with Crippen LogP contribution in [0.3, 0.4) is 0 Å². The summed E-state index contributed by atoms with van der Waals surface area (Å²) in [6.45, 7) is 0. The lowest BCUT2D eigenvalue weighted by molar-refractivity contribution is -0.130. The number of carboxylic acids is 1. The molecule has 5 heteroatoms. The molecule has 0 bridgehead atoms. The smallest absolute Gasteiger partial charge is 0.336 e. The molecule has 0 unspecified atom stereocenters. The highest BCUT2D eigenvalue weighted by Crippen LogP contribution is 2.25. The molecular formula is C14H9Cl2NO2. The largest absolute Gasteiger partial charge is 0.478 e. The van der Waals surface area contributed by atoms with Crippen LogP contribution in [-0.4, -0.2) is 16.1 Å². The van der Waals surface area contributed by atoms with Crippen LogP contribution in [0.2, 0.25) is 10.0 Å². The summed E-state index contributed by atoms with van der Waals surface area (Å²) in [5, 5.41) is 10.2. The van der Waals surface area contributed by atoms with E-state index in [1.807, 2.05) is 0 Å². The number of halogens is 2. The van der Waals surface area contributed by atoms with Gasteiger partial charge in [0.1, 0.15) is 0 Å². The van der Waals surface area contributed by atoms with Crippen molar-refractivity contribution in [3.8, 4) is 0 Å². The molecule has 1 heterocycles. The van der Waals surface area contributed by atoms with E-state index in [0.29, 0.717) is 21.2 Å². The number of aromatic nitrogens is 1. The molecule has 1 aromatic carbocycles. The number of rotatable bonds is 3. The highest BCUT2D eigenvalue weighted by Gasteiger charge is 2.11. The van der Waals surface area contributed by atoms with Crippen LogP contribution in [0.1, 0.15) is 11.1 Å². The predicted molar refractivity (Wildman–Crippen MR) is 76.2 cm³/mol. The van der Waals surface area contributed by atoms with Crippen LogP contribution in [0.4, 0.5) is 0 Å². The minimum atomic E-state index is -1.04. The third-order valence-electron chi connectivity index (χ3n) is 2.47. The fourth-order valence-electron chi connectivity index (χ4n) is 1.56. The van der Waals surface area contributed by atoms with Gasteiger partial charge in [0.15, 0.2) is 0 Å². The minimum absolute atomic E-state index is 0.123. The van der Waals surface area contributed by atoms with Gasteiger partial charge in [0, 0.05) is 28.0 Å². The molecule has 0 aliphatic rings. The predicted octanol–water partition coefficient (Wildman–Crippen LogP) is 4.01. The van der Waals surface area contributed by atoms with Crippen molar-refractivity contribution in [1.29, 1.82) is 0 Å². The Hall–Kier alpha value is -1.84. The van der Waals surface area contributed by atoms with Crippen LogP contribution in [-0.2, 0) is 4.79 Å². The van der Waals surface area contributed by atoms with Gasteiger partial charge in [-0.25, -0.2) is 4.79 Å². The summed E-state index contributed by atoms with van der Waals surface area (Å²) < 4.78 is 0. The van der Waals surface area contributed by atoms with Gasteiger partial charge in [-0.15, -0.1) is 0 Å². The van der Waals surface area contributed by atoms with Crippen molar-refractivity contribution in [3.63, 3.8) is 0 Å². The van der Waals surface area contributed by atoms with E-state index in [-0.39, 0.29) is 5.57 Å². The maximum absolute atomic E-state index is 11.3. The Kier molecular flexibility index (Phi) is 4.20. The van der Waals surface area contributed by atoms with Crippen LogP contribution in [0.25, 0.3) is 11.6 Å². The summed E-state index contributed by atoms with van der Waals surface area (Å²) in [4.78, 5) is 15.2. The molecular weight excluding hydrogens is 285 g/mol. The number of benzene rings is 1. The Morgan fingerprint density at radius 1 is 1.26 bits per heavy atom. The van der Waals surface area contributed by atoms with Crippen molar-refractivity contribution in [2.45, 2.75) is 0 Å². The van der Waals surface area contributed by atoms with Gasteiger partial charge in [-0.1, -0.05) is 35.3 Å². The Morgan fingerprint density at radius 2 is 2.05 bits per heavy atom. The first-order valence-electron chi connectivity index (χ1n) is 5.38. The number of hydrogen-bond acceptors (Lipinski definition) is 2. The molecule has 0 aliphatic carbocycles. The lowest BCUT2D eigenvalue weighted by Gasteiger charge is -2.04. The molecule has 0 atom stereocenters. The highest BCUT2D eigenvalue weighted by molar-refractivity contribution is 6.36. The van der Waals surface area contributed by atoms with Gasteiger partial charge in [-0.05, 0) is 29.8 Å². The molecule has 3 nitrogen and oxygen atoms in total. The molecule has 19 heavy (non-hydrogen) atoms. The number of carbonyl (C=O) groups is 1. The number of pyridine rings is 1. The van der Waals surface area contributed by atoms with E-state index in [1.54, 1.807) is 36.5 Å². The number of carboxylic acid groups (broad SMARTS) is 1. The third-order valence-corrected chi connectivity index (χ3v) is 3.03. The van der Waals surface area contributed by atoms with Crippen molar-refractivity contribution < 1.29 is 9.90 Å². The zero-order valence-corrected chi connectivity index (χ0v) is 11.2. The molecule has 0 saturated heterocycles. The minimum Gasteiger partial charge on any atom is -0.478 e. The standard InChI is InChI=1S/C14H9Cl2NO2/c15-11-4-3-9(13(16)7-11)6-12(14(18)19)10-2-1-5-17-8-10/h1-8H,(H,18,19)/b12-6-. The Balaban J connectivity index is 2.51. The summed E-state index contributed by atoms with van der Waals surface area (Å²) in [5.74, 6) is -1.04. The highest BCUT2D eigenvalue weighted by atomic mass is 35.5. The summed E-state index contributed by atoms with van der Waals surface area (Å²) >= 11 is 11.8. The molecule has 0 spiro atoms. The quantitative estimate of drug-likeness (QED) is 0.870. The second kappa shape index (κ2) is 5.87. The fourth-order valence-corrected chi connectivity index (χ4v) is 2.03. The molecule has 1 aromatic heterocycles. The van der Waals surface area contributed by atoms with Crippen molar-refractivity contribution in [2.75, 3.05) is 0 Å². The molecule has 0 saturated carbocycles.